The first-order valence-electron chi connectivity index (χ1n) is 4.72. The summed E-state index contributed by atoms with van der Waals surface area (Å²) >= 11 is 1.28. The topological polar surface area (TPSA) is 82.5 Å². The SMILES string of the molecule is CCC(C(=O)O)N(C)C(=O)Nc1nccs1. The summed E-state index contributed by atoms with van der Waals surface area (Å²) in [4.78, 5) is 27.5. The lowest BCUT2D eigenvalue weighted by Crippen LogP contribution is -2.44. The number of carbonyl (C=O) groups excluding carboxylic acids is 1. The summed E-state index contributed by atoms with van der Waals surface area (Å²) in [5.74, 6) is -1.01. The van der Waals surface area contributed by atoms with Gasteiger partial charge in [0, 0.05) is 18.6 Å². The molecule has 0 aliphatic heterocycles. The molecule has 0 aromatic carbocycles. The Labute approximate surface area is 96.9 Å². The number of carboxylic acid groups (broad SMARTS) is 1. The highest BCUT2D eigenvalue weighted by molar-refractivity contribution is 7.13. The van der Waals surface area contributed by atoms with Crippen molar-refractivity contribution in [3.05, 3.63) is 11.6 Å². The van der Waals surface area contributed by atoms with Gasteiger partial charge in [-0.3, -0.25) is 5.32 Å². The minimum absolute atomic E-state index is 0.358. The largest absolute Gasteiger partial charge is 0.480 e. The number of anilines is 1. The highest BCUT2D eigenvalue weighted by atomic mass is 32.1. The van der Waals surface area contributed by atoms with E-state index in [0.29, 0.717) is 11.6 Å². The number of hydrogen-bond donors (Lipinski definition) is 2. The molecule has 2 amide bonds. The van der Waals surface area contributed by atoms with E-state index in [9.17, 15) is 9.59 Å². The molecular weight excluding hydrogens is 230 g/mol. The average molecular weight is 243 g/mol. The van der Waals surface area contributed by atoms with Crippen LogP contribution in [0, 0.1) is 0 Å². The lowest BCUT2D eigenvalue weighted by atomic mass is 10.2. The highest BCUT2D eigenvalue weighted by Gasteiger charge is 2.24. The van der Waals surface area contributed by atoms with E-state index in [1.54, 1.807) is 18.5 Å². The molecule has 2 N–H and O–H groups in total. The lowest BCUT2D eigenvalue weighted by molar-refractivity contribution is -0.141. The first-order valence-corrected chi connectivity index (χ1v) is 5.60. The van der Waals surface area contributed by atoms with Crippen LogP contribution in [-0.2, 0) is 4.79 Å². The van der Waals surface area contributed by atoms with E-state index in [1.165, 1.54) is 18.4 Å². The number of aromatic nitrogens is 1. The van der Waals surface area contributed by atoms with Gasteiger partial charge in [-0.05, 0) is 6.42 Å². The number of amides is 2. The van der Waals surface area contributed by atoms with Gasteiger partial charge in [0.05, 0.1) is 0 Å². The molecule has 1 rings (SSSR count). The van der Waals surface area contributed by atoms with Crippen molar-refractivity contribution >= 4 is 28.5 Å². The molecule has 6 nitrogen and oxygen atoms in total. The molecule has 1 aromatic rings. The summed E-state index contributed by atoms with van der Waals surface area (Å²) in [5.41, 5.74) is 0. The van der Waals surface area contributed by atoms with Crippen LogP contribution in [0.25, 0.3) is 0 Å². The van der Waals surface area contributed by atoms with Crippen LogP contribution >= 0.6 is 11.3 Å². The maximum atomic E-state index is 11.6. The first kappa shape index (κ1) is 12.4. The second-order valence-electron chi connectivity index (χ2n) is 3.14. The predicted molar refractivity (Wildman–Crippen MR) is 60.6 cm³/mol. The maximum Gasteiger partial charge on any atom is 0.326 e. The van der Waals surface area contributed by atoms with Gasteiger partial charge >= 0.3 is 12.0 Å². The molecule has 1 atom stereocenters. The van der Waals surface area contributed by atoms with E-state index < -0.39 is 18.0 Å². The molecule has 0 aliphatic carbocycles. The van der Waals surface area contributed by atoms with Gasteiger partial charge in [-0.2, -0.15) is 0 Å². The summed E-state index contributed by atoms with van der Waals surface area (Å²) < 4.78 is 0. The van der Waals surface area contributed by atoms with Crippen molar-refractivity contribution in [3.8, 4) is 0 Å². The number of aliphatic carboxylic acids is 1. The summed E-state index contributed by atoms with van der Waals surface area (Å²) in [6.07, 6.45) is 1.92. The van der Waals surface area contributed by atoms with Crippen LogP contribution < -0.4 is 5.32 Å². The fraction of sp³-hybridized carbons (Fsp3) is 0.444. The zero-order valence-corrected chi connectivity index (χ0v) is 9.82. The summed E-state index contributed by atoms with van der Waals surface area (Å²) in [6, 6.07) is -1.29. The Morgan fingerprint density at radius 2 is 2.38 bits per heavy atom. The number of likely N-dealkylation sites (N-methyl/N-ethyl adjacent to an activating group) is 1. The molecule has 1 aromatic heterocycles. The van der Waals surface area contributed by atoms with E-state index in [1.807, 2.05) is 0 Å². The van der Waals surface area contributed by atoms with Crippen molar-refractivity contribution in [3.63, 3.8) is 0 Å². The normalized spacial score (nSPS) is 11.9. The van der Waals surface area contributed by atoms with Crippen LogP contribution in [0.15, 0.2) is 11.6 Å². The third kappa shape index (κ3) is 2.93. The van der Waals surface area contributed by atoms with Crippen molar-refractivity contribution in [1.82, 2.24) is 9.88 Å². The van der Waals surface area contributed by atoms with Crippen LogP contribution in [0.3, 0.4) is 0 Å². The molecule has 0 radical (unpaired) electrons. The Bertz CT molecular complexity index is 366. The zero-order valence-electron chi connectivity index (χ0n) is 9.01. The van der Waals surface area contributed by atoms with Crippen molar-refractivity contribution in [1.29, 1.82) is 0 Å². The number of carbonyl (C=O) groups is 2. The van der Waals surface area contributed by atoms with Crippen molar-refractivity contribution in [2.24, 2.45) is 0 Å². The molecule has 0 aliphatic rings. The molecule has 1 unspecified atom stereocenters. The predicted octanol–water partition coefficient (Wildman–Crippen LogP) is 1.47. The second kappa shape index (κ2) is 5.45. The van der Waals surface area contributed by atoms with Gasteiger partial charge in [0.2, 0.25) is 0 Å². The van der Waals surface area contributed by atoms with Crippen molar-refractivity contribution in [2.45, 2.75) is 19.4 Å². The molecule has 16 heavy (non-hydrogen) atoms. The van der Waals surface area contributed by atoms with E-state index >= 15 is 0 Å². The Morgan fingerprint density at radius 1 is 1.69 bits per heavy atom. The van der Waals surface area contributed by atoms with Gasteiger partial charge < -0.3 is 10.0 Å². The molecule has 88 valence electrons. The molecular formula is C9H13N3O3S. The van der Waals surface area contributed by atoms with Crippen LogP contribution in [0.4, 0.5) is 9.93 Å². The smallest absolute Gasteiger partial charge is 0.326 e. The standard InChI is InChI=1S/C9H13N3O3S/c1-3-6(7(13)14)12(2)9(15)11-8-10-4-5-16-8/h4-6H,3H2,1-2H3,(H,13,14)(H,10,11,15). The third-order valence-corrected chi connectivity index (χ3v) is 2.79. The fourth-order valence-electron chi connectivity index (χ4n) is 1.22. The number of rotatable bonds is 4. The molecule has 0 saturated heterocycles. The highest BCUT2D eigenvalue weighted by Crippen LogP contribution is 2.12. The number of thiazole rings is 1. The van der Waals surface area contributed by atoms with Crippen LogP contribution in [0.5, 0.6) is 0 Å². The molecule has 7 heteroatoms. The minimum atomic E-state index is -1.01. The van der Waals surface area contributed by atoms with Gasteiger partial charge in [-0.15, -0.1) is 11.3 Å². The van der Waals surface area contributed by atoms with Gasteiger partial charge in [-0.25, -0.2) is 14.6 Å². The van der Waals surface area contributed by atoms with Crippen molar-refractivity contribution < 1.29 is 14.7 Å². The van der Waals surface area contributed by atoms with Gasteiger partial charge in [0.15, 0.2) is 5.13 Å². The quantitative estimate of drug-likeness (QED) is 0.838. The first-order chi connectivity index (χ1) is 7.56. The van der Waals surface area contributed by atoms with Crippen LogP contribution in [-0.4, -0.2) is 40.1 Å². The molecule has 0 spiro atoms. The number of nitrogens with one attached hydrogen (secondary N) is 1. The molecule has 0 saturated carbocycles. The third-order valence-electron chi connectivity index (χ3n) is 2.11. The maximum absolute atomic E-state index is 11.6. The molecule has 0 fully saturated rings. The number of hydrogen-bond acceptors (Lipinski definition) is 4. The Morgan fingerprint density at radius 3 is 2.81 bits per heavy atom. The van der Waals surface area contributed by atoms with Gasteiger partial charge in [0.25, 0.3) is 0 Å². The monoisotopic (exact) mass is 243 g/mol. The van der Waals surface area contributed by atoms with E-state index in [2.05, 4.69) is 10.3 Å². The number of urea groups is 1. The van der Waals surface area contributed by atoms with Crippen LogP contribution in [0.2, 0.25) is 0 Å². The molecule has 1 heterocycles. The number of carboxylic acids is 1. The Kier molecular flexibility index (Phi) is 4.24. The second-order valence-corrected chi connectivity index (χ2v) is 4.04. The van der Waals surface area contributed by atoms with Crippen molar-refractivity contribution in [2.75, 3.05) is 12.4 Å². The zero-order chi connectivity index (χ0) is 12.1. The van der Waals surface area contributed by atoms with Gasteiger partial charge in [-0.1, -0.05) is 6.92 Å². The fourth-order valence-corrected chi connectivity index (χ4v) is 1.74. The molecule has 0 bridgehead atoms. The van der Waals surface area contributed by atoms with E-state index in [-0.39, 0.29) is 0 Å². The Balaban J connectivity index is 2.62. The lowest BCUT2D eigenvalue weighted by Gasteiger charge is -2.23. The van der Waals surface area contributed by atoms with Gasteiger partial charge in [0.1, 0.15) is 6.04 Å². The van der Waals surface area contributed by atoms with Crippen LogP contribution in [0.1, 0.15) is 13.3 Å². The summed E-state index contributed by atoms with van der Waals surface area (Å²) in [7, 11) is 1.45. The van der Waals surface area contributed by atoms with E-state index in [0.717, 1.165) is 4.90 Å². The summed E-state index contributed by atoms with van der Waals surface area (Å²) in [5, 5.41) is 13.6. The Hall–Kier alpha value is -1.63. The summed E-state index contributed by atoms with van der Waals surface area (Å²) in [6.45, 7) is 1.71. The minimum Gasteiger partial charge on any atom is -0.480 e. The average Bonchev–Trinajstić information content (AvgIpc) is 2.70. The number of nitrogens with zero attached hydrogens (tertiary/aromatic N) is 2. The van der Waals surface area contributed by atoms with E-state index in [4.69, 9.17) is 5.11 Å².